The molecule has 8 heteroatoms. The van der Waals surface area contributed by atoms with Gasteiger partial charge in [0.15, 0.2) is 16.6 Å². The first-order chi connectivity index (χ1) is 15.5. The molecule has 0 aliphatic rings. The predicted octanol–water partition coefficient (Wildman–Crippen LogP) is 3.63. The van der Waals surface area contributed by atoms with Gasteiger partial charge in [-0.1, -0.05) is 18.2 Å². The fourth-order valence-corrected chi connectivity index (χ4v) is 3.18. The fraction of sp³-hybridized carbons (Fsp3) is 0.333. The molecule has 0 heterocycles. The lowest BCUT2D eigenvalue weighted by Crippen LogP contribution is -2.37. The Hall–Kier alpha value is -3.26. The van der Waals surface area contributed by atoms with E-state index in [1.165, 1.54) is 6.08 Å². The third-order valence-electron chi connectivity index (χ3n) is 4.74. The molecule has 0 bridgehead atoms. The summed E-state index contributed by atoms with van der Waals surface area (Å²) >= 11 is 5.42. The van der Waals surface area contributed by atoms with E-state index in [1.807, 2.05) is 42.3 Å². The van der Waals surface area contributed by atoms with Crippen molar-refractivity contribution in [3.05, 3.63) is 54.1 Å². The van der Waals surface area contributed by atoms with Crippen LogP contribution in [0.25, 0.3) is 6.08 Å². The van der Waals surface area contributed by atoms with Crippen LogP contribution < -0.4 is 29.7 Å². The van der Waals surface area contributed by atoms with Crippen LogP contribution in [-0.2, 0) is 4.79 Å². The Kier molecular flexibility index (Phi) is 10.3. The van der Waals surface area contributed by atoms with Gasteiger partial charge in [-0.25, -0.2) is 0 Å². The molecular formula is C24H31N3O4S. The first kappa shape index (κ1) is 25.0. The molecule has 172 valence electrons. The van der Waals surface area contributed by atoms with Crippen molar-refractivity contribution in [2.45, 2.75) is 12.8 Å². The quantitative estimate of drug-likeness (QED) is 0.303. The Labute approximate surface area is 195 Å². The van der Waals surface area contributed by atoms with E-state index in [4.69, 9.17) is 26.4 Å². The molecule has 0 fully saturated rings. The predicted molar refractivity (Wildman–Crippen MR) is 133 cm³/mol. The second kappa shape index (κ2) is 13.2. The standard InChI is InChI=1S/C24H31N3O4S/c1-27(19-10-6-5-7-11-19)24(32)26-15-9-8-14-25-22(28)13-12-18-16-20(29-2)23(31-4)21(17-18)30-3/h5-7,10-13,16-17H,8-9,14-15H2,1-4H3,(H,25,28)(H,26,32)/b13-12+. The average Bonchev–Trinajstić information content (AvgIpc) is 2.83. The van der Waals surface area contributed by atoms with Gasteiger partial charge in [0.05, 0.1) is 21.3 Å². The maximum absolute atomic E-state index is 12.1. The van der Waals surface area contributed by atoms with Crippen molar-refractivity contribution in [2.75, 3.05) is 46.4 Å². The number of hydrogen-bond acceptors (Lipinski definition) is 5. The Morgan fingerprint density at radius 1 is 0.969 bits per heavy atom. The Bertz CT molecular complexity index is 894. The molecule has 0 aliphatic heterocycles. The number of carbonyl (C=O) groups is 1. The highest BCUT2D eigenvalue weighted by atomic mass is 32.1. The number of para-hydroxylation sites is 1. The zero-order chi connectivity index (χ0) is 23.3. The van der Waals surface area contributed by atoms with Gasteiger partial charge in [-0.15, -0.1) is 0 Å². The molecule has 2 aromatic rings. The largest absolute Gasteiger partial charge is 0.493 e. The van der Waals surface area contributed by atoms with Crippen LogP contribution in [0.15, 0.2) is 48.5 Å². The van der Waals surface area contributed by atoms with E-state index in [2.05, 4.69) is 10.6 Å². The normalized spacial score (nSPS) is 10.5. The highest BCUT2D eigenvalue weighted by Crippen LogP contribution is 2.38. The zero-order valence-electron chi connectivity index (χ0n) is 19.0. The van der Waals surface area contributed by atoms with Crippen molar-refractivity contribution >= 4 is 35.0 Å². The summed E-state index contributed by atoms with van der Waals surface area (Å²) in [4.78, 5) is 14.0. The van der Waals surface area contributed by atoms with Gasteiger partial charge >= 0.3 is 0 Å². The van der Waals surface area contributed by atoms with Crippen LogP contribution in [0.2, 0.25) is 0 Å². The average molecular weight is 458 g/mol. The molecule has 2 rings (SSSR count). The molecule has 1 amide bonds. The summed E-state index contributed by atoms with van der Waals surface area (Å²) in [6.45, 7) is 1.33. The van der Waals surface area contributed by atoms with Gasteiger partial charge in [-0.3, -0.25) is 4.79 Å². The minimum Gasteiger partial charge on any atom is -0.493 e. The number of carbonyl (C=O) groups excluding carboxylic acids is 1. The van der Waals surface area contributed by atoms with E-state index in [-0.39, 0.29) is 5.91 Å². The van der Waals surface area contributed by atoms with Crippen LogP contribution in [0.4, 0.5) is 5.69 Å². The minimum atomic E-state index is -0.161. The molecule has 0 radical (unpaired) electrons. The summed E-state index contributed by atoms with van der Waals surface area (Å²) in [5, 5.41) is 6.80. The number of nitrogens with zero attached hydrogens (tertiary/aromatic N) is 1. The number of nitrogens with one attached hydrogen (secondary N) is 2. The summed E-state index contributed by atoms with van der Waals surface area (Å²) in [7, 11) is 6.59. The molecular weight excluding hydrogens is 426 g/mol. The number of anilines is 1. The molecule has 0 aromatic heterocycles. The van der Waals surface area contributed by atoms with Crippen LogP contribution in [-0.4, -0.2) is 52.5 Å². The third kappa shape index (κ3) is 7.46. The highest BCUT2D eigenvalue weighted by molar-refractivity contribution is 7.80. The molecule has 0 atom stereocenters. The van der Waals surface area contributed by atoms with E-state index in [9.17, 15) is 4.79 Å². The van der Waals surface area contributed by atoms with Crippen molar-refractivity contribution in [3.8, 4) is 17.2 Å². The van der Waals surface area contributed by atoms with Gasteiger partial charge in [0.2, 0.25) is 11.7 Å². The summed E-state index contributed by atoms with van der Waals surface area (Å²) < 4.78 is 16.0. The summed E-state index contributed by atoms with van der Waals surface area (Å²) in [5.74, 6) is 1.43. The molecule has 0 spiro atoms. The lowest BCUT2D eigenvalue weighted by molar-refractivity contribution is -0.116. The molecule has 0 unspecified atom stereocenters. The number of hydrogen-bond donors (Lipinski definition) is 2. The highest BCUT2D eigenvalue weighted by Gasteiger charge is 2.12. The van der Waals surface area contributed by atoms with Gasteiger partial charge < -0.3 is 29.7 Å². The van der Waals surface area contributed by atoms with Gasteiger partial charge in [0.25, 0.3) is 0 Å². The Morgan fingerprint density at radius 2 is 1.56 bits per heavy atom. The number of thiocarbonyl (C=S) groups is 1. The minimum absolute atomic E-state index is 0.161. The summed E-state index contributed by atoms with van der Waals surface area (Å²) in [5.41, 5.74) is 1.81. The van der Waals surface area contributed by atoms with Gasteiger partial charge in [-0.2, -0.15) is 0 Å². The Balaban J connectivity index is 1.71. The number of unbranched alkanes of at least 4 members (excludes halogenated alkanes) is 1. The maximum Gasteiger partial charge on any atom is 0.243 e. The number of amides is 1. The van der Waals surface area contributed by atoms with Crippen molar-refractivity contribution in [1.29, 1.82) is 0 Å². The monoisotopic (exact) mass is 457 g/mol. The first-order valence-corrected chi connectivity index (χ1v) is 10.7. The van der Waals surface area contributed by atoms with Crippen LogP contribution in [0.1, 0.15) is 18.4 Å². The van der Waals surface area contributed by atoms with Crippen LogP contribution >= 0.6 is 12.2 Å². The van der Waals surface area contributed by atoms with Crippen molar-refractivity contribution < 1.29 is 19.0 Å². The topological polar surface area (TPSA) is 72.1 Å². The molecule has 0 aliphatic carbocycles. The zero-order valence-corrected chi connectivity index (χ0v) is 19.8. The lowest BCUT2D eigenvalue weighted by atomic mass is 10.1. The van der Waals surface area contributed by atoms with Crippen LogP contribution in [0.5, 0.6) is 17.2 Å². The second-order valence-corrected chi connectivity index (χ2v) is 7.30. The lowest BCUT2D eigenvalue weighted by Gasteiger charge is -2.21. The van der Waals surface area contributed by atoms with E-state index >= 15 is 0 Å². The van der Waals surface area contributed by atoms with Crippen molar-refractivity contribution in [2.24, 2.45) is 0 Å². The van der Waals surface area contributed by atoms with E-state index in [1.54, 1.807) is 39.5 Å². The molecule has 0 saturated carbocycles. The number of methoxy groups -OCH3 is 3. The van der Waals surface area contributed by atoms with Crippen LogP contribution in [0, 0.1) is 0 Å². The van der Waals surface area contributed by atoms with E-state index in [0.717, 1.165) is 30.6 Å². The van der Waals surface area contributed by atoms with Crippen molar-refractivity contribution in [1.82, 2.24) is 10.6 Å². The smallest absolute Gasteiger partial charge is 0.243 e. The molecule has 32 heavy (non-hydrogen) atoms. The molecule has 0 saturated heterocycles. The molecule has 2 N–H and O–H groups in total. The number of benzene rings is 2. The molecule has 2 aromatic carbocycles. The maximum atomic E-state index is 12.1. The van der Waals surface area contributed by atoms with Gasteiger partial charge in [0, 0.05) is 31.9 Å². The van der Waals surface area contributed by atoms with Crippen molar-refractivity contribution in [3.63, 3.8) is 0 Å². The number of rotatable bonds is 11. The van der Waals surface area contributed by atoms with Gasteiger partial charge in [-0.05, 0) is 61.0 Å². The summed E-state index contributed by atoms with van der Waals surface area (Å²) in [6, 6.07) is 13.5. The third-order valence-corrected chi connectivity index (χ3v) is 5.16. The van der Waals surface area contributed by atoms with Crippen LogP contribution in [0.3, 0.4) is 0 Å². The number of ether oxygens (including phenoxy) is 3. The Morgan fingerprint density at radius 3 is 2.12 bits per heavy atom. The fourth-order valence-electron chi connectivity index (χ4n) is 2.97. The second-order valence-electron chi connectivity index (χ2n) is 6.92. The first-order valence-electron chi connectivity index (χ1n) is 10.3. The van der Waals surface area contributed by atoms with E-state index in [0.29, 0.717) is 28.9 Å². The van der Waals surface area contributed by atoms with E-state index < -0.39 is 0 Å². The molecule has 7 nitrogen and oxygen atoms in total. The van der Waals surface area contributed by atoms with Gasteiger partial charge in [0.1, 0.15) is 0 Å². The summed E-state index contributed by atoms with van der Waals surface area (Å²) in [6.07, 6.45) is 4.93. The SMILES string of the molecule is COc1cc(/C=C/C(=O)NCCCCNC(=S)N(C)c2ccccc2)cc(OC)c1OC.